The van der Waals surface area contributed by atoms with E-state index in [2.05, 4.69) is 27.1 Å². The molecule has 12 heteroatoms. The predicted octanol–water partition coefficient (Wildman–Crippen LogP) is 2.64. The lowest BCUT2D eigenvalue weighted by Crippen LogP contribution is -2.51. The molecular weight excluding hydrogens is 547 g/mol. The van der Waals surface area contributed by atoms with Crippen molar-refractivity contribution < 1.29 is 22.4 Å². The fourth-order valence-corrected chi connectivity index (χ4v) is 6.07. The van der Waals surface area contributed by atoms with Gasteiger partial charge in [-0.05, 0) is 60.5 Å². The standard InChI is InChI=1S/C29H27FN6O4S/c1-18(28(33)37)34-29(38)24-10-25(30)12-26(11-24)35-41(39,40)17-21-15-36(16-21)27(22-6-2-19(13-31)3-7-22)23-8-4-20(14-32)5-9-23/h2-12,18,21,27,35H,15-17H2,1H3,(H2,33,37)(H,34,38)/t18-/m0/s1. The van der Waals surface area contributed by atoms with Crippen LogP contribution >= 0.6 is 0 Å². The van der Waals surface area contributed by atoms with Crippen LogP contribution in [0.15, 0.2) is 66.7 Å². The Hall–Kier alpha value is -4.78. The second-order valence-electron chi connectivity index (χ2n) is 9.90. The van der Waals surface area contributed by atoms with Crippen LogP contribution in [0.5, 0.6) is 0 Å². The molecular formula is C29H27FN6O4S. The van der Waals surface area contributed by atoms with Crippen LogP contribution in [0.3, 0.4) is 0 Å². The number of amides is 2. The van der Waals surface area contributed by atoms with Gasteiger partial charge in [0.1, 0.15) is 11.9 Å². The molecule has 0 radical (unpaired) electrons. The van der Waals surface area contributed by atoms with Crippen molar-refractivity contribution in [2.24, 2.45) is 11.7 Å². The highest BCUT2D eigenvalue weighted by molar-refractivity contribution is 7.92. The lowest BCUT2D eigenvalue weighted by molar-refractivity contribution is -0.119. The molecule has 1 aliphatic heterocycles. The normalized spacial score (nSPS) is 14.4. The van der Waals surface area contributed by atoms with Crippen molar-refractivity contribution in [2.45, 2.75) is 19.0 Å². The number of sulfonamides is 1. The molecule has 41 heavy (non-hydrogen) atoms. The quantitative estimate of drug-likeness (QED) is 0.334. The summed E-state index contributed by atoms with van der Waals surface area (Å²) >= 11 is 0. The highest BCUT2D eigenvalue weighted by atomic mass is 32.2. The number of nitrogens with zero attached hydrogens (tertiary/aromatic N) is 3. The summed E-state index contributed by atoms with van der Waals surface area (Å²) in [5, 5.41) is 20.6. The molecule has 1 atom stereocenters. The van der Waals surface area contributed by atoms with Gasteiger partial charge in [0.05, 0.1) is 40.7 Å². The number of carbonyl (C=O) groups excluding carboxylic acids is 2. The Labute approximate surface area is 237 Å². The molecule has 0 aromatic heterocycles. The van der Waals surface area contributed by atoms with Crippen LogP contribution in [-0.2, 0) is 14.8 Å². The Bertz CT molecular complexity index is 1580. The number of carbonyl (C=O) groups is 2. The van der Waals surface area contributed by atoms with E-state index in [9.17, 15) is 22.4 Å². The molecule has 4 N–H and O–H groups in total. The smallest absolute Gasteiger partial charge is 0.252 e. The summed E-state index contributed by atoms with van der Waals surface area (Å²) in [5.74, 6) is -2.83. The number of nitrogens with two attached hydrogens (primary N) is 1. The fraction of sp³-hybridized carbons (Fsp3) is 0.241. The molecule has 0 unspecified atom stereocenters. The third-order valence-corrected chi connectivity index (χ3v) is 8.18. The number of hydrogen-bond donors (Lipinski definition) is 3. The van der Waals surface area contributed by atoms with Crippen LogP contribution in [0, 0.1) is 34.4 Å². The minimum Gasteiger partial charge on any atom is -0.368 e. The average Bonchev–Trinajstić information content (AvgIpc) is 2.91. The Morgan fingerprint density at radius 1 is 1.00 bits per heavy atom. The van der Waals surface area contributed by atoms with Gasteiger partial charge in [0.2, 0.25) is 15.9 Å². The van der Waals surface area contributed by atoms with E-state index >= 15 is 0 Å². The molecule has 210 valence electrons. The van der Waals surface area contributed by atoms with Crippen molar-refractivity contribution in [3.63, 3.8) is 0 Å². The van der Waals surface area contributed by atoms with Gasteiger partial charge in [0, 0.05) is 24.6 Å². The highest BCUT2D eigenvalue weighted by Crippen LogP contribution is 2.35. The number of likely N-dealkylation sites (tertiary alicyclic amines) is 1. The van der Waals surface area contributed by atoms with E-state index in [-0.39, 0.29) is 29.0 Å². The number of benzene rings is 3. The molecule has 3 aromatic carbocycles. The van der Waals surface area contributed by atoms with Crippen molar-refractivity contribution in [1.29, 1.82) is 10.5 Å². The molecule has 1 saturated heterocycles. The summed E-state index contributed by atoms with van der Waals surface area (Å²) in [6, 6.07) is 20.4. The van der Waals surface area contributed by atoms with Gasteiger partial charge < -0.3 is 11.1 Å². The van der Waals surface area contributed by atoms with Gasteiger partial charge in [-0.25, -0.2) is 12.8 Å². The van der Waals surface area contributed by atoms with Gasteiger partial charge >= 0.3 is 0 Å². The van der Waals surface area contributed by atoms with Crippen molar-refractivity contribution in [2.75, 3.05) is 23.6 Å². The number of halogens is 1. The molecule has 2 amide bonds. The summed E-state index contributed by atoms with van der Waals surface area (Å²) in [5.41, 5.74) is 7.74. The predicted molar refractivity (Wildman–Crippen MR) is 149 cm³/mol. The highest BCUT2D eigenvalue weighted by Gasteiger charge is 2.36. The largest absolute Gasteiger partial charge is 0.368 e. The maximum absolute atomic E-state index is 14.2. The first kappa shape index (κ1) is 29.2. The van der Waals surface area contributed by atoms with Crippen LogP contribution in [0.1, 0.15) is 45.6 Å². The summed E-state index contributed by atoms with van der Waals surface area (Å²) in [4.78, 5) is 25.7. The van der Waals surface area contributed by atoms with Crippen molar-refractivity contribution in [1.82, 2.24) is 10.2 Å². The fourth-order valence-electron chi connectivity index (χ4n) is 4.68. The molecule has 0 aliphatic carbocycles. The second kappa shape index (κ2) is 12.2. The van der Waals surface area contributed by atoms with Crippen molar-refractivity contribution >= 4 is 27.5 Å². The first-order chi connectivity index (χ1) is 19.5. The van der Waals surface area contributed by atoms with Crippen molar-refractivity contribution in [3.05, 3.63) is 100 Å². The summed E-state index contributed by atoms with van der Waals surface area (Å²) < 4.78 is 42.4. The van der Waals surface area contributed by atoms with Gasteiger partial charge in [0.25, 0.3) is 5.91 Å². The molecule has 4 rings (SSSR count). The minimum absolute atomic E-state index is 0.119. The lowest BCUT2D eigenvalue weighted by Gasteiger charge is -2.44. The van der Waals surface area contributed by atoms with Gasteiger partial charge in [-0.1, -0.05) is 24.3 Å². The number of nitrogens with one attached hydrogen (secondary N) is 2. The molecule has 1 aliphatic rings. The number of rotatable bonds is 10. The van der Waals surface area contributed by atoms with Gasteiger partial charge in [-0.3, -0.25) is 19.2 Å². The van der Waals surface area contributed by atoms with Gasteiger partial charge in [-0.2, -0.15) is 10.5 Å². The molecule has 1 heterocycles. The molecule has 10 nitrogen and oxygen atoms in total. The SMILES string of the molecule is C[C@H](NC(=O)c1cc(F)cc(NS(=O)(=O)CC2CN(C(c3ccc(C#N)cc3)c3ccc(C#N)cc3)C2)c1)C(N)=O. The Morgan fingerprint density at radius 2 is 1.54 bits per heavy atom. The van der Waals surface area contributed by atoms with E-state index in [1.807, 2.05) is 24.3 Å². The van der Waals surface area contributed by atoms with Crippen LogP contribution in [0.25, 0.3) is 0 Å². The number of anilines is 1. The Balaban J connectivity index is 1.45. The van der Waals surface area contributed by atoms with Crippen LogP contribution in [0.4, 0.5) is 10.1 Å². The average molecular weight is 575 g/mol. The van der Waals surface area contributed by atoms with E-state index < -0.39 is 33.7 Å². The number of primary amides is 1. The van der Waals surface area contributed by atoms with Crippen LogP contribution in [-0.4, -0.2) is 50.0 Å². The molecule has 0 bridgehead atoms. The zero-order valence-corrected chi connectivity index (χ0v) is 22.9. The van der Waals surface area contributed by atoms with Gasteiger partial charge in [-0.15, -0.1) is 0 Å². The number of hydrogen-bond acceptors (Lipinski definition) is 7. The van der Waals surface area contributed by atoms with Crippen LogP contribution < -0.4 is 15.8 Å². The first-order valence-electron chi connectivity index (χ1n) is 12.6. The maximum atomic E-state index is 14.2. The Morgan fingerprint density at radius 3 is 2.02 bits per heavy atom. The third kappa shape index (κ3) is 7.25. The zero-order chi connectivity index (χ0) is 29.7. The van der Waals surface area contributed by atoms with E-state index in [1.165, 1.54) is 13.0 Å². The molecule has 0 spiro atoms. The van der Waals surface area contributed by atoms with Crippen LogP contribution in [0.2, 0.25) is 0 Å². The summed E-state index contributed by atoms with van der Waals surface area (Å²) in [7, 11) is -3.91. The second-order valence-corrected chi connectivity index (χ2v) is 11.7. The summed E-state index contributed by atoms with van der Waals surface area (Å²) in [6.45, 7) is 2.28. The minimum atomic E-state index is -3.91. The summed E-state index contributed by atoms with van der Waals surface area (Å²) in [6.07, 6.45) is 0. The first-order valence-corrected chi connectivity index (χ1v) is 14.3. The molecule has 3 aromatic rings. The number of nitriles is 2. The molecule has 0 saturated carbocycles. The topological polar surface area (TPSA) is 169 Å². The van der Waals surface area contributed by atoms with E-state index in [1.54, 1.807) is 24.3 Å². The van der Waals surface area contributed by atoms with E-state index in [4.69, 9.17) is 16.3 Å². The van der Waals surface area contributed by atoms with Gasteiger partial charge in [0.15, 0.2) is 0 Å². The third-order valence-electron chi connectivity index (χ3n) is 6.72. The Kier molecular flexibility index (Phi) is 8.67. The van der Waals surface area contributed by atoms with Crippen molar-refractivity contribution in [3.8, 4) is 12.1 Å². The lowest BCUT2D eigenvalue weighted by atomic mass is 9.90. The van der Waals surface area contributed by atoms with E-state index in [0.717, 1.165) is 23.3 Å². The monoisotopic (exact) mass is 574 g/mol. The molecule has 1 fully saturated rings. The zero-order valence-electron chi connectivity index (χ0n) is 22.0. The maximum Gasteiger partial charge on any atom is 0.252 e. The van der Waals surface area contributed by atoms with E-state index in [0.29, 0.717) is 24.2 Å².